The van der Waals surface area contributed by atoms with Crippen molar-refractivity contribution < 1.29 is 13.6 Å². The fraction of sp³-hybridized carbons (Fsp3) is 0.0714. The normalized spacial score (nSPS) is 10.2. The minimum Gasteiger partial charge on any atom is -0.375 e. The summed E-state index contributed by atoms with van der Waals surface area (Å²) in [6, 6.07) is 9.59. The average molecular weight is 341 g/mol. The van der Waals surface area contributed by atoms with Gasteiger partial charge in [0.15, 0.2) is 0 Å². The molecule has 2 aromatic rings. The van der Waals surface area contributed by atoms with Crippen LogP contribution in [0.3, 0.4) is 0 Å². The SMILES string of the molecule is O=C(CNc1cc(F)ccc1Br)Nc1ccc(F)cc1. The van der Waals surface area contributed by atoms with E-state index in [9.17, 15) is 13.6 Å². The van der Waals surface area contributed by atoms with Crippen molar-refractivity contribution in [2.24, 2.45) is 0 Å². The quantitative estimate of drug-likeness (QED) is 0.889. The molecule has 0 saturated heterocycles. The summed E-state index contributed by atoms with van der Waals surface area (Å²) in [6.45, 7) is -0.0283. The van der Waals surface area contributed by atoms with E-state index in [0.717, 1.165) is 0 Å². The molecule has 20 heavy (non-hydrogen) atoms. The Hall–Kier alpha value is -1.95. The van der Waals surface area contributed by atoms with Crippen molar-refractivity contribution in [2.75, 3.05) is 17.2 Å². The third kappa shape index (κ3) is 4.03. The third-order valence-corrected chi connectivity index (χ3v) is 3.19. The average Bonchev–Trinajstić information content (AvgIpc) is 2.42. The third-order valence-electron chi connectivity index (χ3n) is 2.50. The Bertz CT molecular complexity index is 617. The molecule has 0 aromatic heterocycles. The van der Waals surface area contributed by atoms with E-state index in [1.807, 2.05) is 0 Å². The van der Waals surface area contributed by atoms with Crippen LogP contribution in [0.15, 0.2) is 46.9 Å². The summed E-state index contributed by atoms with van der Waals surface area (Å²) in [5.74, 6) is -1.08. The highest BCUT2D eigenvalue weighted by molar-refractivity contribution is 9.10. The van der Waals surface area contributed by atoms with Gasteiger partial charge in [-0.2, -0.15) is 0 Å². The second-order valence-corrected chi connectivity index (χ2v) is 4.89. The first kappa shape index (κ1) is 14.5. The zero-order valence-electron chi connectivity index (χ0n) is 10.3. The van der Waals surface area contributed by atoms with Gasteiger partial charge in [-0.05, 0) is 58.4 Å². The summed E-state index contributed by atoms with van der Waals surface area (Å²) in [5, 5.41) is 5.41. The number of benzene rings is 2. The van der Waals surface area contributed by atoms with E-state index in [1.165, 1.54) is 36.4 Å². The van der Waals surface area contributed by atoms with Gasteiger partial charge in [-0.25, -0.2) is 8.78 Å². The van der Waals surface area contributed by atoms with Crippen molar-refractivity contribution in [1.29, 1.82) is 0 Å². The monoisotopic (exact) mass is 340 g/mol. The fourth-order valence-corrected chi connectivity index (χ4v) is 1.93. The molecule has 0 aliphatic carbocycles. The van der Waals surface area contributed by atoms with Gasteiger partial charge in [0.1, 0.15) is 11.6 Å². The van der Waals surface area contributed by atoms with Crippen LogP contribution in [-0.2, 0) is 4.79 Å². The van der Waals surface area contributed by atoms with Crippen molar-refractivity contribution in [2.45, 2.75) is 0 Å². The minimum absolute atomic E-state index is 0.0283. The Morgan fingerprint density at radius 2 is 1.70 bits per heavy atom. The Labute approximate surface area is 123 Å². The lowest BCUT2D eigenvalue weighted by atomic mass is 10.3. The molecule has 0 unspecified atom stereocenters. The molecule has 2 N–H and O–H groups in total. The van der Waals surface area contributed by atoms with Crippen molar-refractivity contribution in [1.82, 2.24) is 0 Å². The van der Waals surface area contributed by atoms with E-state index in [1.54, 1.807) is 6.07 Å². The number of amides is 1. The lowest BCUT2D eigenvalue weighted by Gasteiger charge is -2.09. The van der Waals surface area contributed by atoms with Gasteiger partial charge in [0.25, 0.3) is 0 Å². The lowest BCUT2D eigenvalue weighted by Crippen LogP contribution is -2.21. The standard InChI is InChI=1S/C14H11BrF2N2O/c15-12-6-3-10(17)7-13(12)18-8-14(20)19-11-4-1-9(16)2-5-11/h1-7,18H,8H2,(H,19,20). The molecule has 0 heterocycles. The number of carbonyl (C=O) groups excluding carboxylic acids is 1. The van der Waals surface area contributed by atoms with Gasteiger partial charge in [0, 0.05) is 10.2 Å². The summed E-state index contributed by atoms with van der Waals surface area (Å²) in [7, 11) is 0. The molecule has 0 fully saturated rings. The van der Waals surface area contributed by atoms with Crippen LogP contribution >= 0.6 is 15.9 Å². The van der Waals surface area contributed by atoms with Crippen LogP contribution < -0.4 is 10.6 Å². The van der Waals surface area contributed by atoms with Crippen LogP contribution in [0, 0.1) is 11.6 Å². The highest BCUT2D eigenvalue weighted by atomic mass is 79.9. The summed E-state index contributed by atoms with van der Waals surface area (Å²) >= 11 is 3.25. The predicted octanol–water partition coefficient (Wildman–Crippen LogP) is 3.78. The number of anilines is 2. The Kier molecular flexibility index (Phi) is 4.68. The Balaban J connectivity index is 1.92. The largest absolute Gasteiger partial charge is 0.375 e. The van der Waals surface area contributed by atoms with E-state index < -0.39 is 5.82 Å². The number of carbonyl (C=O) groups is 1. The molecule has 0 saturated carbocycles. The van der Waals surface area contributed by atoms with Crippen LogP contribution in [0.1, 0.15) is 0 Å². The molecule has 1 amide bonds. The number of hydrogen-bond donors (Lipinski definition) is 2. The van der Waals surface area contributed by atoms with Crippen molar-refractivity contribution in [3.8, 4) is 0 Å². The molecule has 0 spiro atoms. The zero-order valence-corrected chi connectivity index (χ0v) is 11.9. The maximum atomic E-state index is 13.1. The lowest BCUT2D eigenvalue weighted by molar-refractivity contribution is -0.114. The zero-order chi connectivity index (χ0) is 14.5. The summed E-state index contributed by atoms with van der Waals surface area (Å²) in [4.78, 5) is 11.7. The van der Waals surface area contributed by atoms with Gasteiger partial charge in [0.2, 0.25) is 5.91 Å². The molecule has 2 rings (SSSR count). The molecule has 6 heteroatoms. The molecule has 104 valence electrons. The van der Waals surface area contributed by atoms with Crippen LogP contribution in [0.5, 0.6) is 0 Å². The van der Waals surface area contributed by atoms with Crippen LogP contribution in [0.25, 0.3) is 0 Å². The van der Waals surface area contributed by atoms with Gasteiger partial charge in [0.05, 0.1) is 12.2 Å². The molecular weight excluding hydrogens is 330 g/mol. The van der Waals surface area contributed by atoms with E-state index in [4.69, 9.17) is 0 Å². The first-order chi connectivity index (χ1) is 9.54. The summed E-state index contributed by atoms with van der Waals surface area (Å²) in [6.07, 6.45) is 0. The molecule has 0 atom stereocenters. The molecule has 0 radical (unpaired) electrons. The van der Waals surface area contributed by atoms with E-state index >= 15 is 0 Å². The molecule has 2 aromatic carbocycles. The van der Waals surface area contributed by atoms with Gasteiger partial charge in [-0.3, -0.25) is 4.79 Å². The summed E-state index contributed by atoms with van der Waals surface area (Å²) in [5.41, 5.74) is 0.982. The molecular formula is C14H11BrF2N2O. The number of halogens is 3. The maximum Gasteiger partial charge on any atom is 0.243 e. The van der Waals surface area contributed by atoms with Crippen molar-refractivity contribution in [3.05, 3.63) is 58.6 Å². The highest BCUT2D eigenvalue weighted by Gasteiger charge is 2.05. The highest BCUT2D eigenvalue weighted by Crippen LogP contribution is 2.22. The first-order valence-corrected chi connectivity index (χ1v) is 6.58. The number of rotatable bonds is 4. The van der Waals surface area contributed by atoms with E-state index in [2.05, 4.69) is 26.6 Å². The molecule has 0 bridgehead atoms. The Morgan fingerprint density at radius 3 is 2.40 bits per heavy atom. The van der Waals surface area contributed by atoms with Crippen LogP contribution in [-0.4, -0.2) is 12.5 Å². The van der Waals surface area contributed by atoms with Crippen molar-refractivity contribution >= 4 is 33.2 Å². The second kappa shape index (κ2) is 6.47. The number of hydrogen-bond acceptors (Lipinski definition) is 2. The predicted molar refractivity (Wildman–Crippen MR) is 77.6 cm³/mol. The van der Waals surface area contributed by atoms with E-state index in [-0.39, 0.29) is 18.3 Å². The maximum absolute atomic E-state index is 13.1. The van der Waals surface area contributed by atoms with E-state index in [0.29, 0.717) is 15.8 Å². The topological polar surface area (TPSA) is 41.1 Å². The minimum atomic E-state index is -0.394. The first-order valence-electron chi connectivity index (χ1n) is 5.79. The summed E-state index contributed by atoms with van der Waals surface area (Å²) < 4.78 is 26.4. The van der Waals surface area contributed by atoms with Crippen LogP contribution in [0.4, 0.5) is 20.2 Å². The number of nitrogens with one attached hydrogen (secondary N) is 2. The van der Waals surface area contributed by atoms with Crippen molar-refractivity contribution in [3.63, 3.8) is 0 Å². The molecule has 0 aliphatic heterocycles. The molecule has 0 aliphatic rings. The van der Waals surface area contributed by atoms with Crippen LogP contribution in [0.2, 0.25) is 0 Å². The second-order valence-electron chi connectivity index (χ2n) is 4.03. The van der Waals surface area contributed by atoms with Gasteiger partial charge >= 0.3 is 0 Å². The van der Waals surface area contributed by atoms with Gasteiger partial charge in [-0.15, -0.1) is 0 Å². The van der Waals surface area contributed by atoms with Gasteiger partial charge in [-0.1, -0.05) is 0 Å². The Morgan fingerprint density at radius 1 is 1.05 bits per heavy atom. The smallest absolute Gasteiger partial charge is 0.243 e. The van der Waals surface area contributed by atoms with Gasteiger partial charge < -0.3 is 10.6 Å². The fourth-order valence-electron chi connectivity index (χ4n) is 1.55. The molecule has 3 nitrogen and oxygen atoms in total.